The van der Waals surface area contributed by atoms with Crippen molar-refractivity contribution in [3.8, 4) is 11.5 Å². The van der Waals surface area contributed by atoms with E-state index in [-0.39, 0.29) is 18.2 Å². The third kappa shape index (κ3) is 3.20. The Morgan fingerprint density at radius 3 is 2.69 bits per heavy atom. The average molecular weight is 373 g/mol. The molecule has 1 N–H and O–H groups in total. The highest BCUT2D eigenvalue weighted by atomic mass is 35.5. The van der Waals surface area contributed by atoms with Crippen LogP contribution in [0.5, 0.6) is 11.5 Å². The van der Waals surface area contributed by atoms with Gasteiger partial charge in [-0.2, -0.15) is 0 Å². The lowest BCUT2D eigenvalue weighted by molar-refractivity contribution is -0.122. The summed E-state index contributed by atoms with van der Waals surface area (Å²) >= 11 is 6.08. The second kappa shape index (κ2) is 6.88. The van der Waals surface area contributed by atoms with Gasteiger partial charge in [-0.3, -0.25) is 9.59 Å². The quantitative estimate of drug-likeness (QED) is 0.899. The first-order chi connectivity index (χ1) is 12.6. The van der Waals surface area contributed by atoms with Gasteiger partial charge < -0.3 is 19.7 Å². The van der Waals surface area contributed by atoms with Crippen molar-refractivity contribution in [2.75, 3.05) is 30.0 Å². The Bertz CT molecular complexity index is 870. The monoisotopic (exact) mass is 372 g/mol. The Kier molecular flexibility index (Phi) is 4.42. The molecular formula is C19H17ClN2O4. The number of carbonyl (C=O) groups is 2. The molecule has 134 valence electrons. The predicted molar refractivity (Wildman–Crippen MR) is 98.0 cm³/mol. The lowest BCUT2D eigenvalue weighted by Crippen LogP contribution is -2.28. The van der Waals surface area contributed by atoms with Crippen LogP contribution in [-0.2, 0) is 9.59 Å². The molecule has 1 saturated heterocycles. The maximum Gasteiger partial charge on any atom is 0.229 e. The van der Waals surface area contributed by atoms with Crippen LogP contribution >= 0.6 is 11.6 Å². The van der Waals surface area contributed by atoms with Gasteiger partial charge in [0, 0.05) is 24.7 Å². The number of amides is 2. The zero-order valence-electron chi connectivity index (χ0n) is 13.9. The minimum absolute atomic E-state index is 0.0963. The van der Waals surface area contributed by atoms with Crippen LogP contribution in [0.2, 0.25) is 5.02 Å². The molecule has 2 aromatic carbocycles. The molecular weight excluding hydrogens is 356 g/mol. The molecule has 0 spiro atoms. The molecule has 2 aromatic rings. The number of fused-ring (bicyclic) bond motifs is 1. The summed E-state index contributed by atoms with van der Waals surface area (Å²) in [7, 11) is 0. The summed E-state index contributed by atoms with van der Waals surface area (Å²) in [6.45, 7) is 1.31. The van der Waals surface area contributed by atoms with Crippen molar-refractivity contribution in [2.45, 2.75) is 6.42 Å². The van der Waals surface area contributed by atoms with E-state index < -0.39 is 5.92 Å². The van der Waals surface area contributed by atoms with Crippen molar-refractivity contribution in [3.05, 3.63) is 47.5 Å². The van der Waals surface area contributed by atoms with E-state index in [0.29, 0.717) is 47.7 Å². The Labute approximate surface area is 155 Å². The smallest absolute Gasteiger partial charge is 0.229 e. The number of hydrogen-bond acceptors (Lipinski definition) is 4. The number of para-hydroxylation sites is 1. The third-order valence-electron chi connectivity index (χ3n) is 4.46. The fourth-order valence-electron chi connectivity index (χ4n) is 3.13. The summed E-state index contributed by atoms with van der Waals surface area (Å²) in [5, 5.41) is 3.27. The van der Waals surface area contributed by atoms with Crippen LogP contribution in [-0.4, -0.2) is 31.6 Å². The summed E-state index contributed by atoms with van der Waals surface area (Å²) in [6.07, 6.45) is 0.157. The summed E-state index contributed by atoms with van der Waals surface area (Å²) in [4.78, 5) is 26.6. The van der Waals surface area contributed by atoms with E-state index in [4.69, 9.17) is 21.1 Å². The highest BCUT2D eigenvalue weighted by Crippen LogP contribution is 2.36. The standard InChI is InChI=1S/C19H17ClN2O4/c20-14-3-1-2-4-15(14)21-19(24)12-9-18(23)22(11-12)13-5-6-16-17(10-13)26-8-7-25-16/h1-6,10,12H,7-9,11H2,(H,21,24). The first-order valence-corrected chi connectivity index (χ1v) is 8.75. The van der Waals surface area contributed by atoms with Gasteiger partial charge in [0.15, 0.2) is 11.5 Å². The summed E-state index contributed by atoms with van der Waals surface area (Å²) in [5.41, 5.74) is 1.25. The second-order valence-corrected chi connectivity index (χ2v) is 6.61. The first-order valence-electron chi connectivity index (χ1n) is 8.37. The number of hydrogen-bond donors (Lipinski definition) is 1. The SMILES string of the molecule is O=C(Nc1ccccc1Cl)C1CC(=O)N(c2ccc3c(c2)OCCO3)C1. The Balaban J connectivity index is 1.48. The maximum atomic E-state index is 12.5. The lowest BCUT2D eigenvalue weighted by atomic mass is 10.1. The molecule has 2 amide bonds. The van der Waals surface area contributed by atoms with Crippen molar-refractivity contribution in [2.24, 2.45) is 5.92 Å². The molecule has 2 aliphatic rings. The zero-order chi connectivity index (χ0) is 18.1. The topological polar surface area (TPSA) is 67.9 Å². The molecule has 1 unspecified atom stereocenters. The van der Waals surface area contributed by atoms with Gasteiger partial charge in [0.1, 0.15) is 13.2 Å². The summed E-state index contributed by atoms with van der Waals surface area (Å²) in [5.74, 6) is 0.532. The fourth-order valence-corrected chi connectivity index (χ4v) is 3.31. The highest BCUT2D eigenvalue weighted by Gasteiger charge is 2.35. The van der Waals surface area contributed by atoms with Crippen molar-refractivity contribution in [1.82, 2.24) is 0 Å². The van der Waals surface area contributed by atoms with Crippen LogP contribution in [0.4, 0.5) is 11.4 Å². The number of nitrogens with one attached hydrogen (secondary N) is 1. The predicted octanol–water partition coefficient (Wildman–Crippen LogP) is 3.10. The Hall–Kier alpha value is -2.73. The normalized spacial score (nSPS) is 18.7. The molecule has 6 nitrogen and oxygen atoms in total. The van der Waals surface area contributed by atoms with Gasteiger partial charge in [-0.25, -0.2) is 0 Å². The molecule has 1 atom stereocenters. The molecule has 0 radical (unpaired) electrons. The minimum atomic E-state index is -0.438. The van der Waals surface area contributed by atoms with E-state index in [9.17, 15) is 9.59 Å². The number of ether oxygens (including phenoxy) is 2. The van der Waals surface area contributed by atoms with Gasteiger partial charge in [-0.05, 0) is 24.3 Å². The lowest BCUT2D eigenvalue weighted by Gasteiger charge is -2.22. The first kappa shape index (κ1) is 16.7. The van der Waals surface area contributed by atoms with E-state index in [1.54, 1.807) is 47.4 Å². The van der Waals surface area contributed by atoms with Crippen molar-refractivity contribution in [1.29, 1.82) is 0 Å². The Morgan fingerprint density at radius 2 is 1.88 bits per heavy atom. The molecule has 0 bridgehead atoms. The third-order valence-corrected chi connectivity index (χ3v) is 4.79. The Morgan fingerprint density at radius 1 is 1.12 bits per heavy atom. The van der Waals surface area contributed by atoms with Gasteiger partial charge in [0.05, 0.1) is 16.6 Å². The van der Waals surface area contributed by atoms with Gasteiger partial charge in [-0.1, -0.05) is 23.7 Å². The van der Waals surface area contributed by atoms with E-state index in [0.717, 1.165) is 0 Å². The van der Waals surface area contributed by atoms with E-state index in [2.05, 4.69) is 5.32 Å². The number of halogens is 1. The molecule has 4 rings (SSSR count). The number of rotatable bonds is 3. The van der Waals surface area contributed by atoms with Gasteiger partial charge in [-0.15, -0.1) is 0 Å². The molecule has 2 heterocycles. The van der Waals surface area contributed by atoms with E-state index in [1.165, 1.54) is 0 Å². The summed E-state index contributed by atoms with van der Waals surface area (Å²) in [6, 6.07) is 12.4. The largest absolute Gasteiger partial charge is 0.486 e. The summed E-state index contributed by atoms with van der Waals surface area (Å²) < 4.78 is 11.1. The van der Waals surface area contributed by atoms with E-state index in [1.807, 2.05) is 0 Å². The number of anilines is 2. The number of nitrogens with zero attached hydrogens (tertiary/aromatic N) is 1. The van der Waals surface area contributed by atoms with Gasteiger partial charge in [0.2, 0.25) is 11.8 Å². The molecule has 7 heteroatoms. The van der Waals surface area contributed by atoms with Crippen LogP contribution in [0.1, 0.15) is 6.42 Å². The molecule has 0 aliphatic carbocycles. The van der Waals surface area contributed by atoms with Crippen LogP contribution in [0.25, 0.3) is 0 Å². The van der Waals surface area contributed by atoms with Gasteiger partial charge in [0.25, 0.3) is 0 Å². The molecule has 0 saturated carbocycles. The number of benzene rings is 2. The molecule has 26 heavy (non-hydrogen) atoms. The van der Waals surface area contributed by atoms with Crippen molar-refractivity contribution < 1.29 is 19.1 Å². The highest BCUT2D eigenvalue weighted by molar-refractivity contribution is 6.33. The average Bonchev–Trinajstić information content (AvgIpc) is 3.05. The van der Waals surface area contributed by atoms with E-state index >= 15 is 0 Å². The van der Waals surface area contributed by atoms with Crippen molar-refractivity contribution >= 4 is 34.8 Å². The van der Waals surface area contributed by atoms with Gasteiger partial charge >= 0.3 is 0 Å². The fraction of sp³-hybridized carbons (Fsp3) is 0.263. The molecule has 1 fully saturated rings. The van der Waals surface area contributed by atoms with Crippen LogP contribution in [0, 0.1) is 5.92 Å². The number of carbonyl (C=O) groups excluding carboxylic acids is 2. The molecule has 0 aromatic heterocycles. The van der Waals surface area contributed by atoms with Crippen LogP contribution < -0.4 is 19.7 Å². The second-order valence-electron chi connectivity index (χ2n) is 6.20. The molecule has 2 aliphatic heterocycles. The van der Waals surface area contributed by atoms with Crippen LogP contribution in [0.3, 0.4) is 0 Å². The maximum absolute atomic E-state index is 12.5. The van der Waals surface area contributed by atoms with Crippen LogP contribution in [0.15, 0.2) is 42.5 Å². The van der Waals surface area contributed by atoms with Crippen molar-refractivity contribution in [3.63, 3.8) is 0 Å². The minimum Gasteiger partial charge on any atom is -0.486 e. The zero-order valence-corrected chi connectivity index (χ0v) is 14.7.